The summed E-state index contributed by atoms with van der Waals surface area (Å²) in [6.45, 7) is 0.369. The third-order valence-corrected chi connectivity index (χ3v) is 1.72. The minimum atomic E-state index is -0.620. The zero-order valence-corrected chi connectivity index (χ0v) is 7.43. The van der Waals surface area contributed by atoms with Crippen molar-refractivity contribution in [2.45, 2.75) is 6.42 Å². The number of nitrogen functional groups attached to an aromatic ring is 2. The van der Waals surface area contributed by atoms with Crippen molar-refractivity contribution in [3.8, 4) is 0 Å². The van der Waals surface area contributed by atoms with Gasteiger partial charge in [-0.2, -0.15) is 0 Å². The molecule has 76 valence electrons. The van der Waals surface area contributed by atoms with Gasteiger partial charge in [0.15, 0.2) is 0 Å². The van der Waals surface area contributed by atoms with Crippen LogP contribution in [-0.2, 0) is 6.42 Å². The molecule has 0 spiro atoms. The molecule has 0 bridgehead atoms. The standard InChI is InChI=1S/C7H11N5O2/c8-2-1-5-4(9)3-6(12(13)14)7(10)11-5/h3H,1-2,8-9H2,(H2,10,11). The molecule has 7 nitrogen and oxygen atoms in total. The number of pyridine rings is 1. The van der Waals surface area contributed by atoms with Gasteiger partial charge in [0, 0.05) is 12.5 Å². The molecule has 1 aromatic rings. The minimum Gasteiger partial charge on any atom is -0.397 e. The topological polar surface area (TPSA) is 134 Å². The second-order valence-electron chi connectivity index (χ2n) is 2.72. The Morgan fingerprint density at radius 1 is 1.50 bits per heavy atom. The summed E-state index contributed by atoms with van der Waals surface area (Å²) in [5.41, 5.74) is 16.7. The van der Waals surface area contributed by atoms with Crippen LogP contribution in [0.4, 0.5) is 17.2 Å². The average molecular weight is 197 g/mol. The molecule has 0 radical (unpaired) electrons. The molecule has 0 fully saturated rings. The predicted molar refractivity (Wildman–Crippen MR) is 52.5 cm³/mol. The van der Waals surface area contributed by atoms with Crippen LogP contribution in [0.5, 0.6) is 0 Å². The lowest BCUT2D eigenvalue weighted by atomic mass is 10.2. The Kier molecular flexibility index (Phi) is 2.82. The molecule has 7 heteroatoms. The molecule has 0 atom stereocenters. The lowest BCUT2D eigenvalue weighted by Crippen LogP contribution is -2.10. The van der Waals surface area contributed by atoms with E-state index in [9.17, 15) is 10.1 Å². The van der Waals surface area contributed by atoms with Crippen molar-refractivity contribution < 1.29 is 4.92 Å². The van der Waals surface area contributed by atoms with E-state index in [1.54, 1.807) is 0 Å². The molecular weight excluding hydrogens is 186 g/mol. The Bertz CT molecular complexity index is 365. The second kappa shape index (κ2) is 3.88. The minimum absolute atomic E-state index is 0.132. The van der Waals surface area contributed by atoms with E-state index >= 15 is 0 Å². The van der Waals surface area contributed by atoms with Crippen LogP contribution in [0.2, 0.25) is 0 Å². The smallest absolute Gasteiger partial charge is 0.313 e. The summed E-state index contributed by atoms with van der Waals surface area (Å²) in [5.74, 6) is -0.132. The first-order valence-electron chi connectivity index (χ1n) is 3.95. The third kappa shape index (κ3) is 1.88. The Hall–Kier alpha value is -1.89. The van der Waals surface area contributed by atoms with Gasteiger partial charge in [-0.3, -0.25) is 10.1 Å². The molecule has 1 rings (SSSR count). The summed E-state index contributed by atoms with van der Waals surface area (Å²) in [5, 5.41) is 10.4. The van der Waals surface area contributed by atoms with Crippen molar-refractivity contribution in [1.29, 1.82) is 0 Å². The van der Waals surface area contributed by atoms with E-state index in [2.05, 4.69) is 4.98 Å². The molecule has 0 aliphatic heterocycles. The Morgan fingerprint density at radius 3 is 2.64 bits per heavy atom. The number of aromatic nitrogens is 1. The monoisotopic (exact) mass is 197 g/mol. The van der Waals surface area contributed by atoms with Crippen LogP contribution >= 0.6 is 0 Å². The number of nitro groups is 1. The predicted octanol–water partition coefficient (Wildman–Crippen LogP) is -0.345. The van der Waals surface area contributed by atoms with Crippen LogP contribution in [0.1, 0.15) is 5.69 Å². The van der Waals surface area contributed by atoms with E-state index in [0.717, 1.165) is 0 Å². The molecule has 0 saturated carbocycles. The highest BCUT2D eigenvalue weighted by Crippen LogP contribution is 2.23. The van der Waals surface area contributed by atoms with Crippen LogP contribution in [0, 0.1) is 10.1 Å². The van der Waals surface area contributed by atoms with Crippen molar-refractivity contribution in [3.05, 3.63) is 21.9 Å². The summed E-state index contributed by atoms with van der Waals surface area (Å²) in [6, 6.07) is 1.20. The first-order valence-corrected chi connectivity index (χ1v) is 3.95. The molecule has 0 aliphatic carbocycles. The van der Waals surface area contributed by atoms with Crippen LogP contribution in [0.15, 0.2) is 6.07 Å². The number of nitrogens with two attached hydrogens (primary N) is 3. The highest BCUT2D eigenvalue weighted by molar-refractivity contribution is 5.61. The van der Waals surface area contributed by atoms with E-state index < -0.39 is 4.92 Å². The normalized spacial score (nSPS) is 10.1. The average Bonchev–Trinajstić information content (AvgIpc) is 2.10. The fourth-order valence-electron chi connectivity index (χ4n) is 1.05. The van der Waals surface area contributed by atoms with Gasteiger partial charge in [0.05, 0.1) is 16.3 Å². The van der Waals surface area contributed by atoms with Gasteiger partial charge in [0.25, 0.3) is 0 Å². The van der Waals surface area contributed by atoms with Crippen molar-refractivity contribution in [3.63, 3.8) is 0 Å². The van der Waals surface area contributed by atoms with Crippen molar-refractivity contribution >= 4 is 17.2 Å². The van der Waals surface area contributed by atoms with Gasteiger partial charge in [-0.25, -0.2) is 4.98 Å². The maximum atomic E-state index is 10.4. The van der Waals surface area contributed by atoms with Gasteiger partial charge in [-0.15, -0.1) is 0 Å². The summed E-state index contributed by atoms with van der Waals surface area (Å²) in [4.78, 5) is 13.6. The molecule has 6 N–H and O–H groups in total. The largest absolute Gasteiger partial charge is 0.397 e. The second-order valence-corrected chi connectivity index (χ2v) is 2.72. The highest BCUT2D eigenvalue weighted by atomic mass is 16.6. The number of anilines is 2. The van der Waals surface area contributed by atoms with Crippen LogP contribution in [-0.4, -0.2) is 16.5 Å². The molecular formula is C7H11N5O2. The SMILES string of the molecule is NCCc1nc(N)c([N+](=O)[O-])cc1N. The molecule has 0 amide bonds. The Balaban J connectivity index is 3.17. The fraction of sp³-hybridized carbons (Fsp3) is 0.286. The first-order chi connectivity index (χ1) is 6.56. The molecule has 1 heterocycles. The van der Waals surface area contributed by atoms with E-state index in [1.807, 2.05) is 0 Å². The molecule has 0 aromatic carbocycles. The number of nitrogens with zero attached hydrogens (tertiary/aromatic N) is 2. The van der Waals surface area contributed by atoms with E-state index in [-0.39, 0.29) is 17.2 Å². The van der Waals surface area contributed by atoms with Crippen molar-refractivity contribution in [2.75, 3.05) is 18.0 Å². The van der Waals surface area contributed by atoms with Crippen LogP contribution < -0.4 is 17.2 Å². The first kappa shape index (κ1) is 10.2. The summed E-state index contributed by atoms with van der Waals surface area (Å²) in [7, 11) is 0. The van der Waals surface area contributed by atoms with Gasteiger partial charge in [-0.1, -0.05) is 0 Å². The van der Waals surface area contributed by atoms with Gasteiger partial charge in [0.1, 0.15) is 0 Å². The highest BCUT2D eigenvalue weighted by Gasteiger charge is 2.15. The van der Waals surface area contributed by atoms with E-state index in [4.69, 9.17) is 17.2 Å². The molecule has 0 saturated heterocycles. The van der Waals surface area contributed by atoms with Gasteiger partial charge < -0.3 is 17.2 Å². The zero-order chi connectivity index (χ0) is 10.7. The van der Waals surface area contributed by atoms with Crippen molar-refractivity contribution in [2.24, 2.45) is 5.73 Å². The Morgan fingerprint density at radius 2 is 2.14 bits per heavy atom. The van der Waals surface area contributed by atoms with Gasteiger partial charge >= 0.3 is 5.69 Å². The summed E-state index contributed by atoms with van der Waals surface area (Å²) < 4.78 is 0. The molecule has 1 aromatic heterocycles. The Labute approximate surface area is 80.1 Å². The molecule has 0 unspecified atom stereocenters. The quantitative estimate of drug-likeness (QED) is 0.448. The number of hydrogen-bond acceptors (Lipinski definition) is 6. The lowest BCUT2D eigenvalue weighted by molar-refractivity contribution is -0.384. The maximum absolute atomic E-state index is 10.4. The van der Waals surface area contributed by atoms with E-state index in [0.29, 0.717) is 18.7 Å². The number of rotatable bonds is 3. The van der Waals surface area contributed by atoms with Crippen LogP contribution in [0.25, 0.3) is 0 Å². The molecule has 0 aliphatic rings. The summed E-state index contributed by atoms with van der Waals surface area (Å²) in [6.07, 6.45) is 0.452. The lowest BCUT2D eigenvalue weighted by Gasteiger charge is -2.04. The van der Waals surface area contributed by atoms with Gasteiger partial charge in [-0.05, 0) is 6.54 Å². The van der Waals surface area contributed by atoms with Crippen molar-refractivity contribution in [1.82, 2.24) is 4.98 Å². The van der Waals surface area contributed by atoms with Crippen LogP contribution in [0.3, 0.4) is 0 Å². The van der Waals surface area contributed by atoms with Gasteiger partial charge in [0.2, 0.25) is 5.82 Å². The third-order valence-electron chi connectivity index (χ3n) is 1.72. The fourth-order valence-corrected chi connectivity index (χ4v) is 1.05. The zero-order valence-electron chi connectivity index (χ0n) is 7.43. The summed E-state index contributed by atoms with van der Waals surface area (Å²) >= 11 is 0. The van der Waals surface area contributed by atoms with E-state index in [1.165, 1.54) is 6.07 Å². The molecule has 14 heavy (non-hydrogen) atoms. The number of hydrogen-bond donors (Lipinski definition) is 3. The maximum Gasteiger partial charge on any atom is 0.313 e.